The van der Waals surface area contributed by atoms with Gasteiger partial charge in [-0.15, -0.1) is 0 Å². The zero-order valence-electron chi connectivity index (χ0n) is 12.2. The number of urea groups is 1. The van der Waals surface area contributed by atoms with Gasteiger partial charge in [0.2, 0.25) is 0 Å². The van der Waals surface area contributed by atoms with E-state index in [2.05, 4.69) is 10.6 Å². The van der Waals surface area contributed by atoms with E-state index in [9.17, 15) is 23.1 Å². The molecule has 122 valence electrons. The second kappa shape index (κ2) is 6.16. The first kappa shape index (κ1) is 16.6. The highest BCUT2D eigenvalue weighted by Gasteiger charge is 2.39. The third-order valence-corrected chi connectivity index (χ3v) is 4.23. The van der Waals surface area contributed by atoms with E-state index in [0.29, 0.717) is 6.42 Å². The lowest BCUT2D eigenvalue weighted by atomic mass is 9.86. The summed E-state index contributed by atoms with van der Waals surface area (Å²) in [5.41, 5.74) is -1.60. The van der Waals surface area contributed by atoms with Crippen molar-refractivity contribution in [3.8, 4) is 0 Å². The first-order valence-electron chi connectivity index (χ1n) is 7.11. The van der Waals surface area contributed by atoms with Crippen molar-refractivity contribution < 1.29 is 23.1 Å². The zero-order chi connectivity index (χ0) is 16.4. The number of amides is 2. The van der Waals surface area contributed by atoms with E-state index in [4.69, 9.17) is 0 Å². The molecule has 1 aliphatic rings. The van der Waals surface area contributed by atoms with Gasteiger partial charge in [0.05, 0.1) is 17.9 Å². The maximum Gasteiger partial charge on any atom is 0.418 e. The molecule has 1 saturated carbocycles. The molecule has 0 heterocycles. The molecule has 1 aromatic carbocycles. The van der Waals surface area contributed by atoms with Crippen LogP contribution in [0.4, 0.5) is 23.7 Å². The topological polar surface area (TPSA) is 61.4 Å². The van der Waals surface area contributed by atoms with Crippen molar-refractivity contribution in [2.45, 2.75) is 38.4 Å². The van der Waals surface area contributed by atoms with Crippen LogP contribution >= 0.6 is 0 Å². The van der Waals surface area contributed by atoms with Gasteiger partial charge >= 0.3 is 12.2 Å². The Bertz CT molecular complexity index is 548. The molecule has 7 heteroatoms. The van der Waals surface area contributed by atoms with Gasteiger partial charge < -0.3 is 15.7 Å². The lowest BCUT2D eigenvalue weighted by Crippen LogP contribution is -2.46. The van der Waals surface area contributed by atoms with E-state index < -0.39 is 23.2 Å². The Hall–Kier alpha value is -1.76. The van der Waals surface area contributed by atoms with E-state index in [0.717, 1.165) is 18.9 Å². The van der Waals surface area contributed by atoms with E-state index in [1.165, 1.54) is 18.2 Å². The molecule has 4 nitrogen and oxygen atoms in total. The van der Waals surface area contributed by atoms with Crippen LogP contribution < -0.4 is 10.6 Å². The lowest BCUT2D eigenvalue weighted by Gasteiger charge is -2.30. The van der Waals surface area contributed by atoms with Crippen molar-refractivity contribution in [3.05, 3.63) is 29.8 Å². The minimum atomic E-state index is -4.53. The Morgan fingerprint density at radius 3 is 2.73 bits per heavy atom. The summed E-state index contributed by atoms with van der Waals surface area (Å²) in [7, 11) is 0. The Kier molecular flexibility index (Phi) is 4.65. The highest BCUT2D eigenvalue weighted by molar-refractivity contribution is 5.90. The maximum absolute atomic E-state index is 12.9. The van der Waals surface area contributed by atoms with E-state index >= 15 is 0 Å². The third-order valence-electron chi connectivity index (χ3n) is 4.23. The standard InChI is InChI=1S/C15H19F3N2O2/c1-14(9-21)8-4-7-12(14)20-13(22)19-11-6-3-2-5-10(11)15(16,17)18/h2-3,5-6,12,21H,4,7-9H2,1H3,(H2,19,20,22). The van der Waals surface area contributed by atoms with Crippen LogP contribution in [0.15, 0.2) is 24.3 Å². The molecule has 22 heavy (non-hydrogen) atoms. The largest absolute Gasteiger partial charge is 0.418 e. The van der Waals surface area contributed by atoms with Gasteiger partial charge in [-0.2, -0.15) is 13.2 Å². The number of aliphatic hydroxyl groups is 1. The van der Waals surface area contributed by atoms with Gasteiger partial charge in [-0.1, -0.05) is 25.5 Å². The van der Waals surface area contributed by atoms with Crippen molar-refractivity contribution in [1.82, 2.24) is 5.32 Å². The van der Waals surface area contributed by atoms with Gasteiger partial charge in [-0.3, -0.25) is 0 Å². The highest BCUT2D eigenvalue weighted by atomic mass is 19.4. The Morgan fingerprint density at radius 1 is 1.41 bits per heavy atom. The molecule has 0 aromatic heterocycles. The molecule has 0 bridgehead atoms. The molecule has 2 amide bonds. The second-order valence-electron chi connectivity index (χ2n) is 5.90. The number of carbonyl (C=O) groups is 1. The number of alkyl halides is 3. The van der Waals surface area contributed by atoms with Gasteiger partial charge in [0.15, 0.2) is 0 Å². The van der Waals surface area contributed by atoms with Crippen LogP contribution in [0, 0.1) is 5.41 Å². The Morgan fingerprint density at radius 2 is 2.09 bits per heavy atom. The quantitative estimate of drug-likeness (QED) is 0.800. The summed E-state index contributed by atoms with van der Waals surface area (Å²) in [5, 5.41) is 14.4. The normalized spacial score (nSPS) is 25.0. The number of rotatable bonds is 3. The number of anilines is 1. The number of aliphatic hydroxyl groups excluding tert-OH is 1. The summed E-state index contributed by atoms with van der Waals surface area (Å²) in [6.07, 6.45) is -2.20. The lowest BCUT2D eigenvalue weighted by molar-refractivity contribution is -0.136. The van der Waals surface area contributed by atoms with Crippen LogP contribution in [0.1, 0.15) is 31.7 Å². The molecule has 0 radical (unpaired) electrons. The molecule has 0 saturated heterocycles. The number of hydrogen-bond acceptors (Lipinski definition) is 2. The molecule has 2 rings (SSSR count). The summed E-state index contributed by atoms with van der Waals surface area (Å²) in [6.45, 7) is 1.78. The summed E-state index contributed by atoms with van der Waals surface area (Å²) in [4.78, 5) is 12.0. The number of para-hydroxylation sites is 1. The monoisotopic (exact) mass is 316 g/mol. The third kappa shape index (κ3) is 3.52. The fourth-order valence-corrected chi connectivity index (χ4v) is 2.82. The Labute approximate surface area is 126 Å². The fraction of sp³-hybridized carbons (Fsp3) is 0.533. The Balaban J connectivity index is 2.07. The van der Waals surface area contributed by atoms with E-state index in [-0.39, 0.29) is 18.3 Å². The van der Waals surface area contributed by atoms with Crippen LogP contribution in [0.25, 0.3) is 0 Å². The first-order chi connectivity index (χ1) is 10.3. The van der Waals surface area contributed by atoms with Crippen LogP contribution in [0.2, 0.25) is 0 Å². The predicted octanol–water partition coefficient (Wildman–Crippen LogP) is 3.38. The van der Waals surface area contributed by atoms with Crippen molar-refractivity contribution >= 4 is 11.7 Å². The summed E-state index contributed by atoms with van der Waals surface area (Å²) in [5.74, 6) is 0. The zero-order valence-corrected chi connectivity index (χ0v) is 12.2. The molecule has 1 fully saturated rings. The number of nitrogens with one attached hydrogen (secondary N) is 2. The number of carbonyl (C=O) groups excluding carboxylic acids is 1. The molecule has 1 aromatic rings. The van der Waals surface area contributed by atoms with Gasteiger partial charge in [0.25, 0.3) is 0 Å². The molecule has 2 unspecified atom stereocenters. The van der Waals surface area contributed by atoms with Crippen molar-refractivity contribution in [3.63, 3.8) is 0 Å². The molecule has 1 aliphatic carbocycles. The number of hydrogen-bond donors (Lipinski definition) is 3. The number of halogens is 3. The van der Waals surface area contributed by atoms with E-state index in [1.807, 2.05) is 6.92 Å². The van der Waals surface area contributed by atoms with Crippen LogP contribution in [-0.2, 0) is 6.18 Å². The average Bonchev–Trinajstić information content (AvgIpc) is 2.80. The summed E-state index contributed by atoms with van der Waals surface area (Å²) >= 11 is 0. The highest BCUT2D eigenvalue weighted by Crippen LogP contribution is 2.38. The fourth-order valence-electron chi connectivity index (χ4n) is 2.82. The van der Waals surface area contributed by atoms with Crippen LogP contribution in [0.5, 0.6) is 0 Å². The minimum absolute atomic E-state index is 0.0723. The van der Waals surface area contributed by atoms with Gasteiger partial charge in [-0.25, -0.2) is 4.79 Å². The molecule has 3 N–H and O–H groups in total. The smallest absolute Gasteiger partial charge is 0.396 e. The molecular formula is C15H19F3N2O2. The van der Waals surface area contributed by atoms with Gasteiger partial charge in [0.1, 0.15) is 0 Å². The second-order valence-corrected chi connectivity index (χ2v) is 5.90. The van der Waals surface area contributed by atoms with Gasteiger partial charge in [-0.05, 0) is 25.0 Å². The van der Waals surface area contributed by atoms with Crippen LogP contribution in [0.3, 0.4) is 0 Å². The maximum atomic E-state index is 12.9. The van der Waals surface area contributed by atoms with Crippen molar-refractivity contribution in [2.75, 3.05) is 11.9 Å². The molecule has 2 atom stereocenters. The van der Waals surface area contributed by atoms with Crippen molar-refractivity contribution in [1.29, 1.82) is 0 Å². The van der Waals surface area contributed by atoms with Gasteiger partial charge in [0, 0.05) is 11.5 Å². The van der Waals surface area contributed by atoms with Crippen molar-refractivity contribution in [2.24, 2.45) is 5.41 Å². The predicted molar refractivity (Wildman–Crippen MR) is 76.4 cm³/mol. The molecule has 0 spiro atoms. The minimum Gasteiger partial charge on any atom is -0.396 e. The van der Waals surface area contributed by atoms with E-state index in [1.54, 1.807) is 0 Å². The SMILES string of the molecule is CC1(CO)CCCC1NC(=O)Nc1ccccc1C(F)(F)F. The summed E-state index contributed by atoms with van der Waals surface area (Å²) < 4.78 is 38.6. The number of benzene rings is 1. The van der Waals surface area contributed by atoms with Crippen LogP contribution in [-0.4, -0.2) is 23.8 Å². The average molecular weight is 316 g/mol. The first-order valence-corrected chi connectivity index (χ1v) is 7.11. The summed E-state index contributed by atoms with van der Waals surface area (Å²) in [6, 6.07) is 3.88. The molecular weight excluding hydrogens is 297 g/mol. The molecule has 0 aliphatic heterocycles.